The minimum absolute atomic E-state index is 0.428. The summed E-state index contributed by atoms with van der Waals surface area (Å²) in [5.41, 5.74) is 2.14. The molecule has 0 saturated heterocycles. The average Bonchev–Trinajstić information content (AvgIpc) is 2.62. The maximum Gasteiger partial charge on any atom is 0.390 e. The Bertz CT molecular complexity index is 849. The largest absolute Gasteiger partial charge is 0.417 e. The summed E-state index contributed by atoms with van der Waals surface area (Å²) in [6, 6.07) is 14.1. The molecule has 2 aromatic rings. The molecule has 128 valence electrons. The number of hydrogen-bond acceptors (Lipinski definition) is 4. The number of rotatable bonds is 2. The standard InChI is InChI=1S/C22H16O4/c1-17-9-13-19(14-10-17)25-21(23)7-5-3-4-6-8-22(24)26-20-15-11-18(2)12-16-20/h3-4,9-16H,1-2H3. The summed E-state index contributed by atoms with van der Waals surface area (Å²) in [4.78, 5) is 23.1. The topological polar surface area (TPSA) is 52.6 Å². The van der Waals surface area contributed by atoms with Crippen LogP contribution in [0.2, 0.25) is 0 Å². The first-order valence-electron chi connectivity index (χ1n) is 7.78. The lowest BCUT2D eigenvalue weighted by molar-refractivity contribution is -0.128. The molecular weight excluding hydrogens is 328 g/mol. The molecule has 4 nitrogen and oxygen atoms in total. The third-order valence-corrected chi connectivity index (χ3v) is 3.06. The van der Waals surface area contributed by atoms with Crippen molar-refractivity contribution in [3.05, 3.63) is 71.8 Å². The number of benzene rings is 2. The van der Waals surface area contributed by atoms with Gasteiger partial charge in [0.15, 0.2) is 0 Å². The van der Waals surface area contributed by atoms with Gasteiger partial charge in [0.05, 0.1) is 0 Å². The second-order valence-corrected chi connectivity index (χ2v) is 5.28. The van der Waals surface area contributed by atoms with Gasteiger partial charge in [-0.05, 0) is 50.3 Å². The van der Waals surface area contributed by atoms with E-state index in [1.807, 2.05) is 38.1 Å². The summed E-state index contributed by atoms with van der Waals surface area (Å²) in [5, 5.41) is 0. The Morgan fingerprint density at radius 1 is 0.692 bits per heavy atom. The van der Waals surface area contributed by atoms with Gasteiger partial charge in [-0.15, -0.1) is 0 Å². The molecule has 0 bridgehead atoms. The summed E-state index contributed by atoms with van der Waals surface area (Å²) >= 11 is 0. The maximum absolute atomic E-state index is 11.5. The molecule has 0 unspecified atom stereocenters. The van der Waals surface area contributed by atoms with Gasteiger partial charge in [-0.1, -0.05) is 47.2 Å². The van der Waals surface area contributed by atoms with E-state index in [-0.39, 0.29) is 0 Å². The fraction of sp³-hybridized carbons (Fsp3) is 0.0909. The predicted octanol–water partition coefficient (Wildman–Crippen LogP) is 3.38. The van der Waals surface area contributed by atoms with Crippen molar-refractivity contribution in [2.45, 2.75) is 13.8 Å². The van der Waals surface area contributed by atoms with Crippen LogP contribution >= 0.6 is 0 Å². The molecule has 26 heavy (non-hydrogen) atoms. The molecular formula is C22H16O4. The molecule has 2 aromatic carbocycles. The Morgan fingerprint density at radius 3 is 1.38 bits per heavy atom. The molecule has 2 rings (SSSR count). The lowest BCUT2D eigenvalue weighted by atomic mass is 10.2. The van der Waals surface area contributed by atoms with Gasteiger partial charge in [-0.3, -0.25) is 0 Å². The highest BCUT2D eigenvalue weighted by Crippen LogP contribution is 2.11. The number of aryl methyl sites for hydroxylation is 2. The van der Waals surface area contributed by atoms with Crippen LogP contribution in [0.5, 0.6) is 11.5 Å². The third kappa shape index (κ3) is 6.78. The van der Waals surface area contributed by atoms with Gasteiger partial charge in [-0.25, -0.2) is 9.59 Å². The van der Waals surface area contributed by atoms with Gasteiger partial charge < -0.3 is 9.47 Å². The molecule has 0 spiro atoms. The first kappa shape index (κ1) is 18.6. The Hall–Kier alpha value is -3.76. The first-order valence-corrected chi connectivity index (χ1v) is 7.78. The second kappa shape index (κ2) is 9.52. The van der Waals surface area contributed by atoms with Crippen LogP contribution in [0.3, 0.4) is 0 Å². The van der Waals surface area contributed by atoms with Crippen molar-refractivity contribution in [2.24, 2.45) is 0 Å². The fourth-order valence-corrected chi connectivity index (χ4v) is 1.76. The van der Waals surface area contributed by atoms with Crippen LogP contribution in [0.15, 0.2) is 60.7 Å². The number of hydrogen-bond donors (Lipinski definition) is 0. The average molecular weight is 344 g/mol. The van der Waals surface area contributed by atoms with Gasteiger partial charge in [0.1, 0.15) is 11.5 Å². The lowest BCUT2D eigenvalue weighted by Crippen LogP contribution is -2.04. The van der Waals surface area contributed by atoms with Crippen molar-refractivity contribution >= 4 is 11.9 Å². The van der Waals surface area contributed by atoms with Crippen LogP contribution in [0.25, 0.3) is 0 Å². The smallest absolute Gasteiger partial charge is 0.390 e. The zero-order valence-corrected chi connectivity index (χ0v) is 14.4. The summed E-state index contributed by atoms with van der Waals surface area (Å²) in [5.74, 6) is 9.07. The van der Waals surface area contributed by atoms with E-state index in [1.54, 1.807) is 24.3 Å². The molecule has 0 atom stereocenters. The van der Waals surface area contributed by atoms with Crippen LogP contribution in [0, 0.1) is 37.5 Å². The van der Waals surface area contributed by atoms with Gasteiger partial charge in [0, 0.05) is 11.8 Å². The van der Waals surface area contributed by atoms with E-state index < -0.39 is 11.9 Å². The van der Waals surface area contributed by atoms with E-state index in [4.69, 9.17) is 9.47 Å². The summed E-state index contributed by atoms with van der Waals surface area (Å²) in [6.45, 7) is 3.88. The quantitative estimate of drug-likeness (QED) is 0.363. The van der Waals surface area contributed by atoms with Crippen LogP contribution in [0.1, 0.15) is 11.1 Å². The molecule has 0 aliphatic rings. The minimum Gasteiger partial charge on any atom is -0.417 e. The van der Waals surface area contributed by atoms with E-state index in [2.05, 4.69) is 23.7 Å². The maximum atomic E-state index is 11.5. The van der Waals surface area contributed by atoms with E-state index in [1.165, 1.54) is 12.2 Å². The van der Waals surface area contributed by atoms with Crippen LogP contribution in [0.4, 0.5) is 0 Å². The van der Waals surface area contributed by atoms with Gasteiger partial charge in [0.25, 0.3) is 0 Å². The highest BCUT2D eigenvalue weighted by Gasteiger charge is 2.00. The highest BCUT2D eigenvalue weighted by molar-refractivity contribution is 5.91. The van der Waals surface area contributed by atoms with Crippen molar-refractivity contribution in [1.82, 2.24) is 0 Å². The molecule has 0 aliphatic heterocycles. The normalized spacial score (nSPS) is 9.46. The van der Waals surface area contributed by atoms with Crippen molar-refractivity contribution in [3.8, 4) is 35.2 Å². The number of ether oxygens (including phenoxy) is 2. The summed E-state index contributed by atoms with van der Waals surface area (Å²) in [6.07, 6.45) is 2.70. The number of carbonyl (C=O) groups excluding carboxylic acids is 2. The molecule has 0 fully saturated rings. The Labute approximate surface area is 152 Å². The Morgan fingerprint density at radius 2 is 1.04 bits per heavy atom. The molecule has 0 aliphatic carbocycles. The molecule has 0 radical (unpaired) electrons. The van der Waals surface area contributed by atoms with Crippen molar-refractivity contribution < 1.29 is 19.1 Å². The molecule has 0 heterocycles. The Kier molecular flexibility index (Phi) is 6.80. The second-order valence-electron chi connectivity index (χ2n) is 5.28. The van der Waals surface area contributed by atoms with Crippen LogP contribution < -0.4 is 9.47 Å². The summed E-state index contributed by atoms with van der Waals surface area (Å²) < 4.78 is 10.1. The minimum atomic E-state index is -0.676. The zero-order valence-electron chi connectivity index (χ0n) is 14.4. The number of esters is 2. The molecule has 4 heteroatoms. The Balaban J connectivity index is 1.80. The number of allylic oxidation sites excluding steroid dienone is 2. The van der Waals surface area contributed by atoms with E-state index in [9.17, 15) is 9.59 Å². The van der Waals surface area contributed by atoms with E-state index in [0.717, 1.165) is 11.1 Å². The fourth-order valence-electron chi connectivity index (χ4n) is 1.76. The lowest BCUT2D eigenvalue weighted by Gasteiger charge is -1.99. The number of carbonyl (C=O) groups is 2. The highest BCUT2D eigenvalue weighted by atomic mass is 16.5. The van der Waals surface area contributed by atoms with Crippen molar-refractivity contribution in [1.29, 1.82) is 0 Å². The van der Waals surface area contributed by atoms with Crippen molar-refractivity contribution in [2.75, 3.05) is 0 Å². The van der Waals surface area contributed by atoms with Gasteiger partial charge >= 0.3 is 11.9 Å². The molecule has 0 saturated carbocycles. The van der Waals surface area contributed by atoms with Crippen LogP contribution in [-0.4, -0.2) is 11.9 Å². The third-order valence-electron chi connectivity index (χ3n) is 3.06. The van der Waals surface area contributed by atoms with Crippen LogP contribution in [-0.2, 0) is 9.59 Å². The van der Waals surface area contributed by atoms with E-state index >= 15 is 0 Å². The SMILES string of the molecule is Cc1ccc(OC(=O)C#CC=CC#CC(=O)Oc2ccc(C)cc2)cc1. The molecule has 0 aromatic heterocycles. The zero-order chi connectivity index (χ0) is 18.8. The van der Waals surface area contributed by atoms with Gasteiger partial charge in [0.2, 0.25) is 0 Å². The molecule has 0 amide bonds. The van der Waals surface area contributed by atoms with Gasteiger partial charge in [-0.2, -0.15) is 0 Å². The molecule has 0 N–H and O–H groups in total. The predicted molar refractivity (Wildman–Crippen MR) is 98.3 cm³/mol. The first-order chi connectivity index (χ1) is 12.5. The van der Waals surface area contributed by atoms with E-state index in [0.29, 0.717) is 11.5 Å². The summed E-state index contributed by atoms with van der Waals surface area (Å²) in [7, 11) is 0. The monoisotopic (exact) mass is 344 g/mol. The van der Waals surface area contributed by atoms with Crippen molar-refractivity contribution in [3.63, 3.8) is 0 Å².